The van der Waals surface area contributed by atoms with E-state index in [9.17, 15) is 9.36 Å². The van der Waals surface area contributed by atoms with Crippen LogP contribution in [-0.4, -0.2) is 97.0 Å². The molecule has 0 aromatic heterocycles. The highest BCUT2D eigenvalue weighted by molar-refractivity contribution is 7.51. The molecule has 0 aliphatic heterocycles. The minimum Gasteiger partial charge on any atom is -0.480 e. The van der Waals surface area contributed by atoms with Crippen molar-refractivity contribution in [2.75, 3.05) is 67.2 Å². The minimum absolute atomic E-state index is 0. The van der Waals surface area contributed by atoms with E-state index in [-0.39, 0.29) is 12.4 Å². The van der Waals surface area contributed by atoms with Crippen molar-refractivity contribution < 1.29 is 33.2 Å². The molecule has 0 aromatic rings. The first-order valence-corrected chi connectivity index (χ1v) is 10.5. The lowest BCUT2D eigenvalue weighted by Crippen LogP contribution is -2.39. The Morgan fingerprint density at radius 2 is 1.14 bits per heavy atom. The first-order valence-electron chi connectivity index (χ1n) is 8.71. The van der Waals surface area contributed by atoms with Crippen molar-refractivity contribution >= 4 is 26.0 Å². The lowest BCUT2D eigenvalue weighted by Gasteiger charge is -2.26. The van der Waals surface area contributed by atoms with E-state index >= 15 is 0 Å². The molecule has 0 saturated heterocycles. The van der Waals surface area contributed by atoms with Gasteiger partial charge in [0.25, 0.3) is 0 Å². The Bertz CT molecular complexity index is 482. The first kappa shape index (κ1) is 35.2. The predicted molar refractivity (Wildman–Crippen MR) is 124 cm³/mol. The number of hydrogen-bond donors (Lipinski definition) is 4. The van der Waals surface area contributed by atoms with Crippen LogP contribution in [0.2, 0.25) is 0 Å². The first-order chi connectivity index (χ1) is 12.7. The van der Waals surface area contributed by atoms with Crippen molar-refractivity contribution in [3.05, 3.63) is 50.6 Å². The minimum atomic E-state index is -4.10. The van der Waals surface area contributed by atoms with Gasteiger partial charge in [0.05, 0.1) is 67.2 Å². The normalized spacial score (nSPS) is 10.7. The Morgan fingerprint density at radius 1 is 0.862 bits per heavy atom. The van der Waals surface area contributed by atoms with Crippen LogP contribution in [0.1, 0.15) is 0 Å². The van der Waals surface area contributed by atoms with Gasteiger partial charge in [-0.05, 0) is 24.3 Å². The van der Waals surface area contributed by atoms with Gasteiger partial charge < -0.3 is 23.9 Å². The molecule has 4 N–H and O–H groups in total. The van der Waals surface area contributed by atoms with Crippen LogP contribution in [0, 0.1) is 0 Å². The van der Waals surface area contributed by atoms with Gasteiger partial charge in [-0.2, -0.15) is 0 Å². The number of nitrogens with one attached hydrogen (secondary N) is 1. The van der Waals surface area contributed by atoms with Gasteiger partial charge in [-0.15, -0.1) is 12.4 Å². The summed E-state index contributed by atoms with van der Waals surface area (Å²) >= 11 is 0. The van der Waals surface area contributed by atoms with Crippen LogP contribution in [0.5, 0.6) is 0 Å². The zero-order valence-electron chi connectivity index (χ0n) is 18.3. The smallest absolute Gasteiger partial charge is 0.339 e. The Kier molecular flexibility index (Phi) is 22.8. The number of carboxylic acids is 1. The molecule has 0 aliphatic carbocycles. The Morgan fingerprint density at radius 3 is 1.31 bits per heavy atom. The number of halogens is 1. The van der Waals surface area contributed by atoms with Crippen LogP contribution in [0.4, 0.5) is 0 Å². The molecule has 172 valence electrons. The molecule has 0 unspecified atom stereocenters. The summed E-state index contributed by atoms with van der Waals surface area (Å²) in [6.45, 7) is 18.3. The van der Waals surface area contributed by atoms with Crippen LogP contribution < -0.4 is 5.32 Å². The lowest BCUT2D eigenvalue weighted by molar-refractivity contribution is -0.878. The fourth-order valence-electron chi connectivity index (χ4n) is 1.86. The van der Waals surface area contributed by atoms with Crippen molar-refractivity contribution in [3.63, 3.8) is 0 Å². The summed E-state index contributed by atoms with van der Waals surface area (Å²) in [5, 5.41) is 10.1. The molecule has 0 fully saturated rings. The van der Waals surface area contributed by atoms with Gasteiger partial charge in [0.15, 0.2) is 0 Å². The molecule has 0 rings (SSSR count). The number of likely N-dealkylation sites (N-methyl/N-ethyl adjacent to an activating group) is 2. The Labute approximate surface area is 182 Å². The van der Waals surface area contributed by atoms with E-state index in [4.69, 9.17) is 14.9 Å². The number of rotatable bonds is 12. The molecule has 0 atom stereocenters. The molecule has 0 radical (unpaired) electrons. The standard InChI is InChI=1S/2C8H16N.C3H8NO5P.ClH/c2*1-5-7-9(3,4)8-6-2;5-3(6)1-4-2-10(7,8)9;/h2*5-6H,1-2,7-8H2,3-4H3;4H,1-2H2,(H,5,6)(H2,7,8,9);1H/q2*+1;;. The third-order valence-corrected chi connectivity index (χ3v) is 3.72. The second-order valence-electron chi connectivity index (χ2n) is 7.40. The van der Waals surface area contributed by atoms with Gasteiger partial charge in [0.1, 0.15) is 0 Å². The van der Waals surface area contributed by atoms with E-state index in [1.807, 2.05) is 24.3 Å². The second-order valence-corrected chi connectivity index (χ2v) is 9.05. The summed E-state index contributed by atoms with van der Waals surface area (Å²) in [6.07, 6.45) is 7.14. The highest BCUT2D eigenvalue weighted by Crippen LogP contribution is 2.31. The van der Waals surface area contributed by atoms with Gasteiger partial charge in [0, 0.05) is 0 Å². The van der Waals surface area contributed by atoms with E-state index in [2.05, 4.69) is 59.8 Å². The summed E-state index contributed by atoms with van der Waals surface area (Å²) in [7, 11) is 4.53. The zero-order chi connectivity index (χ0) is 22.9. The highest BCUT2D eigenvalue weighted by Gasteiger charge is 2.11. The molecule has 10 heteroatoms. The lowest BCUT2D eigenvalue weighted by atomic mass is 10.4. The largest absolute Gasteiger partial charge is 0.480 e. The number of carboxylic acid groups (broad SMARTS) is 1. The second kappa shape index (κ2) is 18.8. The maximum atomic E-state index is 10.1. The number of hydrogen-bond acceptors (Lipinski definition) is 3. The SMILES string of the molecule is C=CC[N+](C)(C)CC=C.C=CC[N+](C)(C)CC=C.Cl.O=C(O)CNCP(=O)(O)O. The van der Waals surface area contributed by atoms with Crippen molar-refractivity contribution in [2.45, 2.75) is 0 Å². The third kappa shape index (κ3) is 34.6. The number of nitrogens with zero attached hydrogens (tertiary/aromatic N) is 2. The molecule has 8 nitrogen and oxygen atoms in total. The van der Waals surface area contributed by atoms with Crippen molar-refractivity contribution in [3.8, 4) is 0 Å². The van der Waals surface area contributed by atoms with E-state index in [1.165, 1.54) is 0 Å². The summed E-state index contributed by atoms with van der Waals surface area (Å²) < 4.78 is 12.0. The van der Waals surface area contributed by atoms with E-state index in [0.29, 0.717) is 0 Å². The van der Waals surface area contributed by atoms with Gasteiger partial charge >= 0.3 is 13.6 Å². The molecular weight excluding hydrogens is 417 g/mol. The summed E-state index contributed by atoms with van der Waals surface area (Å²) in [5.41, 5.74) is 0. The number of quaternary nitrogens is 2. The molecule has 29 heavy (non-hydrogen) atoms. The zero-order valence-corrected chi connectivity index (χ0v) is 20.0. The molecular formula is C19H41ClN3O5P+2. The molecule has 0 aliphatic rings. The van der Waals surface area contributed by atoms with Gasteiger partial charge in [-0.1, -0.05) is 26.3 Å². The van der Waals surface area contributed by atoms with Crippen molar-refractivity contribution in [1.29, 1.82) is 0 Å². The van der Waals surface area contributed by atoms with E-state index in [1.54, 1.807) is 0 Å². The Balaban J connectivity index is -0.000000159. The van der Waals surface area contributed by atoms with Crippen LogP contribution >= 0.6 is 20.0 Å². The fourth-order valence-corrected chi connectivity index (χ4v) is 2.26. The van der Waals surface area contributed by atoms with Crippen molar-refractivity contribution in [2.24, 2.45) is 0 Å². The van der Waals surface area contributed by atoms with Crippen LogP contribution in [0.3, 0.4) is 0 Å². The number of carbonyl (C=O) groups is 1. The predicted octanol–water partition coefficient (Wildman–Crippen LogP) is 2.09. The topological polar surface area (TPSA) is 107 Å². The quantitative estimate of drug-likeness (QED) is 0.203. The molecule has 0 heterocycles. The molecule has 0 saturated carbocycles. The van der Waals surface area contributed by atoms with Gasteiger partial charge in [-0.25, -0.2) is 0 Å². The average Bonchev–Trinajstić information content (AvgIpc) is 2.46. The fraction of sp³-hybridized carbons (Fsp3) is 0.526. The van der Waals surface area contributed by atoms with Crippen LogP contribution in [0.25, 0.3) is 0 Å². The third-order valence-electron chi connectivity index (χ3n) is 3.09. The van der Waals surface area contributed by atoms with Gasteiger partial charge in [-0.3, -0.25) is 14.7 Å². The molecule has 0 aromatic carbocycles. The molecule has 0 amide bonds. The van der Waals surface area contributed by atoms with Crippen molar-refractivity contribution in [1.82, 2.24) is 5.32 Å². The summed E-state index contributed by atoms with van der Waals surface area (Å²) in [5.74, 6) is -1.14. The highest BCUT2D eigenvalue weighted by atomic mass is 35.5. The summed E-state index contributed by atoms with van der Waals surface area (Å²) in [6, 6.07) is 0. The average molecular weight is 458 g/mol. The van der Waals surface area contributed by atoms with E-state index in [0.717, 1.165) is 35.1 Å². The summed E-state index contributed by atoms with van der Waals surface area (Å²) in [4.78, 5) is 26.1. The van der Waals surface area contributed by atoms with Crippen LogP contribution in [0.15, 0.2) is 50.6 Å². The van der Waals surface area contributed by atoms with E-state index < -0.39 is 26.4 Å². The monoisotopic (exact) mass is 457 g/mol. The maximum absolute atomic E-state index is 10.1. The Hall–Kier alpha value is -1.25. The van der Waals surface area contributed by atoms with Crippen LogP contribution in [-0.2, 0) is 9.36 Å². The molecule has 0 bridgehead atoms. The maximum Gasteiger partial charge on any atom is 0.339 e. The number of aliphatic carboxylic acids is 1. The van der Waals surface area contributed by atoms with Gasteiger partial charge in [0.2, 0.25) is 0 Å². The molecule has 0 spiro atoms.